The van der Waals surface area contributed by atoms with E-state index >= 15 is 0 Å². The van der Waals surface area contributed by atoms with Gasteiger partial charge in [0.15, 0.2) is 5.58 Å². The van der Waals surface area contributed by atoms with Crippen molar-refractivity contribution in [1.29, 1.82) is 0 Å². The van der Waals surface area contributed by atoms with Crippen molar-refractivity contribution in [3.63, 3.8) is 0 Å². The number of aliphatic hydroxyl groups excluding tert-OH is 1. The summed E-state index contributed by atoms with van der Waals surface area (Å²) in [5.74, 6) is -1.08. The summed E-state index contributed by atoms with van der Waals surface area (Å²) in [6.45, 7) is -0.373. The predicted molar refractivity (Wildman–Crippen MR) is 103 cm³/mol. The minimum absolute atomic E-state index is 0.00558. The fraction of sp³-hybridized carbons (Fsp3) is 0.263. The van der Waals surface area contributed by atoms with Crippen molar-refractivity contribution in [1.82, 2.24) is 10.0 Å². The number of benzene rings is 1. The molecular formula is C19H19FN2O5S. The average molecular weight is 406 g/mol. The Morgan fingerprint density at radius 3 is 2.86 bits per heavy atom. The number of hydrogen-bond acceptors (Lipinski definition) is 6. The number of nitrogens with zero attached hydrogens (tertiary/aromatic N) is 1. The average Bonchev–Trinajstić information content (AvgIpc) is 3.17. The van der Waals surface area contributed by atoms with Gasteiger partial charge in [-0.3, -0.25) is 14.4 Å². The molecule has 0 aliphatic carbocycles. The predicted octanol–water partition coefficient (Wildman–Crippen LogP) is 2.24. The molecule has 0 saturated heterocycles. The highest BCUT2D eigenvalue weighted by atomic mass is 32.2. The zero-order chi connectivity index (χ0) is 20.3. The molecule has 0 atom stereocenters. The first-order chi connectivity index (χ1) is 13.5. The normalized spacial score (nSPS) is 11.1. The molecule has 3 rings (SSSR count). The number of furan rings is 1. The maximum absolute atomic E-state index is 14.5. The monoisotopic (exact) mass is 406 g/mol. The zero-order valence-corrected chi connectivity index (χ0v) is 16.1. The largest absolute Gasteiger partial charge is 0.463 e. The molecule has 0 aliphatic heterocycles. The van der Waals surface area contributed by atoms with Crippen molar-refractivity contribution in [2.45, 2.75) is 11.3 Å². The van der Waals surface area contributed by atoms with E-state index in [2.05, 4.69) is 5.48 Å². The summed E-state index contributed by atoms with van der Waals surface area (Å²) in [5, 5.41) is 9.04. The molecule has 0 spiro atoms. The van der Waals surface area contributed by atoms with Gasteiger partial charge in [0.25, 0.3) is 11.5 Å². The first-order valence-electron chi connectivity index (χ1n) is 8.42. The van der Waals surface area contributed by atoms with Gasteiger partial charge in [-0.15, -0.1) is 11.8 Å². The summed E-state index contributed by atoms with van der Waals surface area (Å²) in [6.07, 6.45) is 3.17. The Morgan fingerprint density at radius 1 is 1.39 bits per heavy atom. The number of amides is 1. The Bertz CT molecular complexity index is 1080. The third kappa shape index (κ3) is 3.82. The van der Waals surface area contributed by atoms with Gasteiger partial charge in [0, 0.05) is 24.1 Å². The number of carbonyl (C=O) groups excluding carboxylic acids is 1. The van der Waals surface area contributed by atoms with E-state index in [-0.39, 0.29) is 47.4 Å². The number of hydrogen-bond donors (Lipinski definition) is 2. The van der Waals surface area contributed by atoms with Gasteiger partial charge in [-0.1, -0.05) is 6.07 Å². The Kier molecular flexibility index (Phi) is 6.18. The Labute approximate surface area is 164 Å². The topological polar surface area (TPSA) is 93.7 Å². The first-order valence-corrected chi connectivity index (χ1v) is 9.64. The molecule has 0 saturated carbocycles. The number of aliphatic hydroxyl groups is 1. The minimum Gasteiger partial charge on any atom is -0.463 e. The van der Waals surface area contributed by atoms with Crippen molar-refractivity contribution in [2.75, 3.05) is 19.5 Å². The fourth-order valence-electron chi connectivity index (χ4n) is 2.91. The molecule has 9 heteroatoms. The van der Waals surface area contributed by atoms with Crippen LogP contribution < -0.4 is 11.0 Å². The molecule has 2 N–H and O–H groups in total. The Balaban J connectivity index is 2.12. The number of nitrogens with one attached hydrogen (secondary N) is 1. The van der Waals surface area contributed by atoms with Crippen molar-refractivity contribution in [3.8, 4) is 0 Å². The van der Waals surface area contributed by atoms with Crippen LogP contribution in [0.25, 0.3) is 11.0 Å². The van der Waals surface area contributed by atoms with E-state index in [4.69, 9.17) is 14.4 Å². The van der Waals surface area contributed by atoms with Crippen LogP contribution in [0.2, 0.25) is 0 Å². The molecule has 2 heterocycles. The minimum atomic E-state index is -0.653. The van der Waals surface area contributed by atoms with Gasteiger partial charge in [-0.25, -0.2) is 9.87 Å². The molecule has 0 radical (unpaired) electrons. The lowest BCUT2D eigenvalue weighted by Crippen LogP contribution is -2.31. The van der Waals surface area contributed by atoms with Gasteiger partial charge in [-0.05, 0) is 30.0 Å². The van der Waals surface area contributed by atoms with Crippen molar-refractivity contribution in [3.05, 3.63) is 63.5 Å². The maximum Gasteiger partial charge on any atom is 0.280 e. The number of rotatable bonds is 7. The Morgan fingerprint density at radius 2 is 2.18 bits per heavy atom. The number of halogens is 1. The van der Waals surface area contributed by atoms with Crippen LogP contribution >= 0.6 is 11.8 Å². The molecular weight excluding hydrogens is 387 g/mol. The summed E-state index contributed by atoms with van der Waals surface area (Å²) in [6, 6.07) is 6.28. The SMILES string of the molecule is CSc1ccc(Cc2c(C(=O)NOCCO)c3occc3c(=O)n2C)c(F)c1. The molecule has 0 fully saturated rings. The van der Waals surface area contributed by atoms with Crippen LogP contribution in [-0.2, 0) is 18.3 Å². The summed E-state index contributed by atoms with van der Waals surface area (Å²) in [4.78, 5) is 31.0. The van der Waals surface area contributed by atoms with Gasteiger partial charge in [0.1, 0.15) is 11.4 Å². The highest BCUT2D eigenvalue weighted by molar-refractivity contribution is 7.98. The number of hydroxylamine groups is 1. The highest BCUT2D eigenvalue weighted by Gasteiger charge is 2.24. The van der Waals surface area contributed by atoms with Gasteiger partial charge in [0.05, 0.1) is 24.9 Å². The van der Waals surface area contributed by atoms with Crippen molar-refractivity contribution in [2.24, 2.45) is 7.05 Å². The van der Waals surface area contributed by atoms with E-state index in [1.54, 1.807) is 12.1 Å². The second-order valence-electron chi connectivity index (χ2n) is 5.99. The summed E-state index contributed by atoms with van der Waals surface area (Å²) >= 11 is 1.41. The van der Waals surface area contributed by atoms with Gasteiger partial charge in [0.2, 0.25) is 0 Å². The lowest BCUT2D eigenvalue weighted by molar-refractivity contribution is 0.0167. The van der Waals surface area contributed by atoms with E-state index in [0.29, 0.717) is 5.56 Å². The van der Waals surface area contributed by atoms with Crippen LogP contribution in [0.3, 0.4) is 0 Å². The zero-order valence-electron chi connectivity index (χ0n) is 15.3. The molecule has 0 bridgehead atoms. The second-order valence-corrected chi connectivity index (χ2v) is 6.87. The van der Waals surface area contributed by atoms with Crippen LogP contribution in [0.15, 0.2) is 44.6 Å². The molecule has 1 amide bonds. The fourth-order valence-corrected chi connectivity index (χ4v) is 3.33. The van der Waals surface area contributed by atoms with Gasteiger partial charge >= 0.3 is 0 Å². The molecule has 148 valence electrons. The quantitative estimate of drug-likeness (QED) is 0.355. The molecule has 0 aliphatic rings. The number of thioether (sulfide) groups is 1. The van der Waals surface area contributed by atoms with Crippen molar-refractivity contribution < 1.29 is 23.5 Å². The van der Waals surface area contributed by atoms with E-state index in [0.717, 1.165) is 4.90 Å². The third-order valence-corrected chi connectivity index (χ3v) is 5.05. The summed E-state index contributed by atoms with van der Waals surface area (Å²) < 4.78 is 21.2. The van der Waals surface area contributed by atoms with E-state index in [9.17, 15) is 14.0 Å². The Hall–Kier alpha value is -2.62. The van der Waals surface area contributed by atoms with Crippen LogP contribution in [0, 0.1) is 5.82 Å². The molecule has 0 unspecified atom stereocenters. The third-order valence-electron chi connectivity index (χ3n) is 4.32. The number of fused-ring (bicyclic) bond motifs is 1. The van der Waals surface area contributed by atoms with Gasteiger partial charge < -0.3 is 14.1 Å². The highest BCUT2D eigenvalue weighted by Crippen LogP contribution is 2.25. The summed E-state index contributed by atoms with van der Waals surface area (Å²) in [5.41, 5.74) is 2.66. The van der Waals surface area contributed by atoms with Crippen LogP contribution in [0.5, 0.6) is 0 Å². The molecule has 3 aromatic rings. The van der Waals surface area contributed by atoms with E-state index < -0.39 is 11.7 Å². The maximum atomic E-state index is 14.5. The molecule has 1 aromatic carbocycles. The summed E-state index contributed by atoms with van der Waals surface area (Å²) in [7, 11) is 1.52. The molecule has 2 aromatic heterocycles. The van der Waals surface area contributed by atoms with E-state index in [1.165, 1.54) is 41.8 Å². The van der Waals surface area contributed by atoms with Crippen LogP contribution in [0.1, 0.15) is 21.6 Å². The molecule has 28 heavy (non-hydrogen) atoms. The lowest BCUT2D eigenvalue weighted by atomic mass is 10.0. The molecule has 7 nitrogen and oxygen atoms in total. The van der Waals surface area contributed by atoms with Gasteiger partial charge in [-0.2, -0.15) is 0 Å². The van der Waals surface area contributed by atoms with Crippen molar-refractivity contribution >= 4 is 28.6 Å². The van der Waals surface area contributed by atoms with E-state index in [1.807, 2.05) is 6.26 Å². The lowest BCUT2D eigenvalue weighted by Gasteiger charge is -2.15. The number of carbonyl (C=O) groups is 1. The smallest absolute Gasteiger partial charge is 0.280 e. The number of aromatic nitrogens is 1. The second kappa shape index (κ2) is 8.59. The van der Waals surface area contributed by atoms with Crippen LogP contribution in [0.4, 0.5) is 4.39 Å². The standard InChI is InChI=1S/C19H19FN2O5S/c1-22-15(9-11-3-4-12(28-2)10-14(11)20)16(18(24)21-27-8-6-23)17-13(19(22)25)5-7-26-17/h3-5,7,10,23H,6,8-9H2,1-2H3,(H,21,24). The first kappa shape index (κ1) is 20.1. The van der Waals surface area contributed by atoms with Crippen LogP contribution in [-0.4, -0.2) is 35.1 Å². The number of pyridine rings is 1.